The van der Waals surface area contributed by atoms with Crippen LogP contribution in [0.4, 0.5) is 5.69 Å². The lowest BCUT2D eigenvalue weighted by Gasteiger charge is -2.16. The molecule has 1 aliphatic carbocycles. The molecule has 0 atom stereocenters. The predicted molar refractivity (Wildman–Crippen MR) is 83.7 cm³/mol. The Morgan fingerprint density at radius 1 is 1.30 bits per heavy atom. The minimum Gasteiger partial charge on any atom is -0.483 e. The van der Waals surface area contributed by atoms with Gasteiger partial charge in [-0.2, -0.15) is 0 Å². The normalized spacial score (nSPS) is 16.4. The van der Waals surface area contributed by atoms with Crippen molar-refractivity contribution in [2.45, 2.75) is 44.6 Å². The molecule has 4 nitrogen and oxygen atoms in total. The minimum absolute atomic E-state index is 0.0263. The molecule has 1 saturated carbocycles. The fourth-order valence-electron chi connectivity index (χ4n) is 2.47. The number of hydrogen-bond acceptors (Lipinski definition) is 3. The van der Waals surface area contributed by atoms with Crippen molar-refractivity contribution in [3.05, 3.63) is 22.7 Å². The predicted octanol–water partition coefficient (Wildman–Crippen LogP) is 3.25. The second-order valence-corrected chi connectivity index (χ2v) is 6.09. The van der Waals surface area contributed by atoms with Crippen molar-refractivity contribution < 1.29 is 9.53 Å². The number of carbonyl (C=O) groups excluding carboxylic acids is 1. The Bertz CT molecular complexity index is 457. The summed E-state index contributed by atoms with van der Waals surface area (Å²) in [6.45, 7) is 0.0263. The summed E-state index contributed by atoms with van der Waals surface area (Å²) in [5.41, 5.74) is 6.32. The third-order valence-electron chi connectivity index (χ3n) is 3.53. The van der Waals surface area contributed by atoms with Gasteiger partial charge in [0.05, 0.1) is 4.47 Å². The molecule has 1 amide bonds. The highest BCUT2D eigenvalue weighted by Crippen LogP contribution is 2.26. The Morgan fingerprint density at radius 3 is 2.70 bits per heavy atom. The van der Waals surface area contributed by atoms with Gasteiger partial charge in [0.25, 0.3) is 5.91 Å². The van der Waals surface area contributed by atoms with Crippen LogP contribution in [0.25, 0.3) is 0 Å². The summed E-state index contributed by atoms with van der Waals surface area (Å²) in [5.74, 6) is 0.534. The highest BCUT2D eigenvalue weighted by Gasteiger charge is 2.15. The summed E-state index contributed by atoms with van der Waals surface area (Å²) in [7, 11) is 0. The van der Waals surface area contributed by atoms with E-state index in [4.69, 9.17) is 10.5 Å². The van der Waals surface area contributed by atoms with E-state index in [1.54, 1.807) is 12.1 Å². The molecule has 0 aromatic heterocycles. The maximum Gasteiger partial charge on any atom is 0.258 e. The Hall–Kier alpha value is -1.23. The average molecular weight is 341 g/mol. The lowest BCUT2D eigenvalue weighted by atomic mass is 10.1. The lowest BCUT2D eigenvalue weighted by molar-refractivity contribution is -0.123. The van der Waals surface area contributed by atoms with Gasteiger partial charge in [-0.1, -0.05) is 25.7 Å². The van der Waals surface area contributed by atoms with E-state index < -0.39 is 0 Å². The SMILES string of the molecule is Nc1ccc(Br)c(OCC(=O)NC2CCCCCC2)c1. The zero-order chi connectivity index (χ0) is 14.4. The number of amides is 1. The first-order valence-electron chi connectivity index (χ1n) is 7.12. The van der Waals surface area contributed by atoms with Crippen LogP contribution in [-0.2, 0) is 4.79 Å². The van der Waals surface area contributed by atoms with Crippen molar-refractivity contribution >= 4 is 27.5 Å². The van der Waals surface area contributed by atoms with Crippen molar-refractivity contribution in [3.63, 3.8) is 0 Å². The summed E-state index contributed by atoms with van der Waals surface area (Å²) in [5, 5.41) is 3.05. The van der Waals surface area contributed by atoms with Crippen molar-refractivity contribution in [3.8, 4) is 5.75 Å². The second kappa shape index (κ2) is 7.53. The van der Waals surface area contributed by atoms with Crippen LogP contribution in [0.1, 0.15) is 38.5 Å². The third-order valence-corrected chi connectivity index (χ3v) is 4.19. The molecular weight excluding hydrogens is 320 g/mol. The molecule has 0 heterocycles. The summed E-state index contributed by atoms with van der Waals surface area (Å²) >= 11 is 3.38. The number of ether oxygens (including phenoxy) is 1. The number of nitrogen functional groups attached to an aromatic ring is 1. The molecule has 1 aromatic carbocycles. The smallest absolute Gasteiger partial charge is 0.258 e. The van der Waals surface area contributed by atoms with Crippen LogP contribution in [0, 0.1) is 0 Å². The first-order valence-corrected chi connectivity index (χ1v) is 7.91. The largest absolute Gasteiger partial charge is 0.483 e. The second-order valence-electron chi connectivity index (χ2n) is 5.23. The standard InChI is InChI=1S/C15H21BrN2O2/c16-13-8-7-11(17)9-14(13)20-10-15(19)18-12-5-3-1-2-4-6-12/h7-9,12H,1-6,10,17H2,(H,18,19). The van der Waals surface area contributed by atoms with Gasteiger partial charge in [-0.15, -0.1) is 0 Å². The average Bonchev–Trinajstić information content (AvgIpc) is 2.68. The summed E-state index contributed by atoms with van der Waals surface area (Å²) < 4.78 is 6.31. The molecule has 1 aliphatic rings. The van der Waals surface area contributed by atoms with Crippen molar-refractivity contribution in [1.82, 2.24) is 5.32 Å². The van der Waals surface area contributed by atoms with Gasteiger partial charge in [-0.3, -0.25) is 4.79 Å². The van der Waals surface area contributed by atoms with E-state index in [1.165, 1.54) is 25.7 Å². The molecule has 0 aliphatic heterocycles. The van der Waals surface area contributed by atoms with Crippen LogP contribution in [-0.4, -0.2) is 18.6 Å². The topological polar surface area (TPSA) is 64.3 Å². The Labute approximate surface area is 128 Å². The molecular formula is C15H21BrN2O2. The number of nitrogens with one attached hydrogen (secondary N) is 1. The van der Waals surface area contributed by atoms with Gasteiger partial charge >= 0.3 is 0 Å². The molecule has 0 unspecified atom stereocenters. The fourth-order valence-corrected chi connectivity index (χ4v) is 2.83. The molecule has 0 saturated heterocycles. The Balaban J connectivity index is 1.81. The number of benzene rings is 1. The molecule has 20 heavy (non-hydrogen) atoms. The van der Waals surface area contributed by atoms with E-state index in [9.17, 15) is 4.79 Å². The lowest BCUT2D eigenvalue weighted by Crippen LogP contribution is -2.37. The van der Waals surface area contributed by atoms with Gasteiger partial charge in [-0.05, 0) is 40.9 Å². The zero-order valence-electron chi connectivity index (χ0n) is 11.5. The number of carbonyl (C=O) groups is 1. The monoisotopic (exact) mass is 340 g/mol. The molecule has 1 aromatic rings. The van der Waals surface area contributed by atoms with Gasteiger partial charge < -0.3 is 15.8 Å². The summed E-state index contributed by atoms with van der Waals surface area (Å²) in [6, 6.07) is 5.61. The summed E-state index contributed by atoms with van der Waals surface area (Å²) in [6.07, 6.45) is 7.11. The van der Waals surface area contributed by atoms with Crippen LogP contribution in [0.3, 0.4) is 0 Å². The van der Waals surface area contributed by atoms with E-state index in [-0.39, 0.29) is 12.5 Å². The van der Waals surface area contributed by atoms with E-state index in [2.05, 4.69) is 21.2 Å². The first kappa shape index (κ1) is 15.2. The zero-order valence-corrected chi connectivity index (χ0v) is 13.1. The Kier molecular flexibility index (Phi) is 5.71. The van der Waals surface area contributed by atoms with Crippen LogP contribution >= 0.6 is 15.9 Å². The molecule has 110 valence electrons. The fraction of sp³-hybridized carbons (Fsp3) is 0.533. The molecule has 1 fully saturated rings. The highest BCUT2D eigenvalue weighted by molar-refractivity contribution is 9.10. The number of nitrogens with two attached hydrogens (primary N) is 1. The van der Waals surface area contributed by atoms with Crippen LogP contribution in [0.2, 0.25) is 0 Å². The number of halogens is 1. The van der Waals surface area contributed by atoms with E-state index in [0.717, 1.165) is 17.3 Å². The maximum atomic E-state index is 11.9. The van der Waals surface area contributed by atoms with Gasteiger partial charge in [0.1, 0.15) is 5.75 Å². The molecule has 5 heteroatoms. The summed E-state index contributed by atoms with van der Waals surface area (Å²) in [4.78, 5) is 11.9. The minimum atomic E-state index is -0.0637. The van der Waals surface area contributed by atoms with Gasteiger partial charge in [-0.25, -0.2) is 0 Å². The van der Waals surface area contributed by atoms with E-state index in [1.807, 2.05) is 6.07 Å². The first-order chi connectivity index (χ1) is 9.65. The number of rotatable bonds is 4. The number of anilines is 1. The molecule has 2 rings (SSSR count). The Morgan fingerprint density at radius 2 is 2.00 bits per heavy atom. The van der Waals surface area contributed by atoms with Crippen LogP contribution in [0.5, 0.6) is 5.75 Å². The van der Waals surface area contributed by atoms with E-state index >= 15 is 0 Å². The quantitative estimate of drug-likeness (QED) is 0.653. The molecule has 0 spiro atoms. The van der Waals surface area contributed by atoms with Gasteiger partial charge in [0, 0.05) is 17.8 Å². The van der Waals surface area contributed by atoms with Crippen molar-refractivity contribution in [2.24, 2.45) is 0 Å². The van der Waals surface area contributed by atoms with Gasteiger partial charge in [0.15, 0.2) is 6.61 Å². The van der Waals surface area contributed by atoms with Gasteiger partial charge in [0.2, 0.25) is 0 Å². The molecule has 3 N–H and O–H groups in total. The van der Waals surface area contributed by atoms with E-state index in [0.29, 0.717) is 17.5 Å². The maximum absolute atomic E-state index is 11.9. The highest BCUT2D eigenvalue weighted by atomic mass is 79.9. The third kappa shape index (κ3) is 4.71. The molecule has 0 bridgehead atoms. The van der Waals surface area contributed by atoms with Crippen LogP contribution < -0.4 is 15.8 Å². The van der Waals surface area contributed by atoms with Crippen molar-refractivity contribution in [1.29, 1.82) is 0 Å². The van der Waals surface area contributed by atoms with Crippen LogP contribution in [0.15, 0.2) is 22.7 Å². The molecule has 0 radical (unpaired) electrons. The number of hydrogen-bond donors (Lipinski definition) is 2. The van der Waals surface area contributed by atoms with Crippen molar-refractivity contribution in [2.75, 3.05) is 12.3 Å².